The summed E-state index contributed by atoms with van der Waals surface area (Å²) in [6.45, 7) is 3.22. The predicted molar refractivity (Wildman–Crippen MR) is 87.2 cm³/mol. The minimum atomic E-state index is -0.278. The lowest BCUT2D eigenvalue weighted by molar-refractivity contribution is 0.0674. The second-order valence-electron chi connectivity index (χ2n) is 4.05. The Bertz CT molecular complexity index is 432. The van der Waals surface area contributed by atoms with Gasteiger partial charge in [-0.2, -0.15) is 0 Å². The summed E-state index contributed by atoms with van der Waals surface area (Å²) < 4.78 is 19.1. The molecule has 0 aromatic heterocycles. The van der Waals surface area contributed by atoms with Gasteiger partial charge >= 0.3 is 0 Å². The van der Waals surface area contributed by atoms with E-state index in [1.807, 2.05) is 11.0 Å². The van der Waals surface area contributed by atoms with Crippen LogP contribution in [0.1, 0.15) is 5.56 Å². The number of ether oxygens (including phenoxy) is 1. The molecule has 19 heavy (non-hydrogen) atoms. The van der Waals surface area contributed by atoms with E-state index in [4.69, 9.17) is 10.5 Å². The van der Waals surface area contributed by atoms with Crippen LogP contribution in [-0.2, 0) is 11.3 Å². The van der Waals surface area contributed by atoms with Crippen molar-refractivity contribution in [1.29, 1.82) is 0 Å². The lowest BCUT2D eigenvalue weighted by Gasteiger charge is -2.27. The third kappa shape index (κ3) is 5.23. The molecule has 0 bridgehead atoms. The van der Waals surface area contributed by atoms with Crippen LogP contribution < -0.4 is 5.73 Å². The fourth-order valence-electron chi connectivity index (χ4n) is 1.77. The van der Waals surface area contributed by atoms with Gasteiger partial charge in [0.15, 0.2) is 5.96 Å². The molecule has 0 radical (unpaired) electrons. The predicted octanol–water partition coefficient (Wildman–Crippen LogP) is 2.35. The van der Waals surface area contributed by atoms with Gasteiger partial charge < -0.3 is 15.4 Å². The first-order valence-electron chi connectivity index (χ1n) is 5.73. The molecule has 0 atom stereocenters. The summed E-state index contributed by atoms with van der Waals surface area (Å²) >= 11 is 3.25. The number of nitrogens with two attached hydrogens (primary N) is 1. The maximum atomic E-state index is 13.2. The van der Waals surface area contributed by atoms with Crippen molar-refractivity contribution in [2.45, 2.75) is 6.54 Å². The van der Waals surface area contributed by atoms with E-state index < -0.39 is 0 Å². The Morgan fingerprint density at radius 1 is 1.37 bits per heavy atom. The van der Waals surface area contributed by atoms with E-state index in [9.17, 15) is 4.39 Å². The first-order chi connectivity index (χ1) is 8.65. The topological polar surface area (TPSA) is 50.8 Å². The van der Waals surface area contributed by atoms with E-state index in [2.05, 4.69) is 20.9 Å². The smallest absolute Gasteiger partial charge is 0.191 e. The molecule has 2 rings (SSSR count). The number of hydrogen-bond acceptors (Lipinski definition) is 2. The Hall–Kier alpha value is -0.410. The van der Waals surface area contributed by atoms with Crippen molar-refractivity contribution in [3.05, 3.63) is 34.1 Å². The molecule has 0 spiro atoms. The van der Waals surface area contributed by atoms with Crippen molar-refractivity contribution >= 4 is 45.9 Å². The minimum absolute atomic E-state index is 0. The fraction of sp³-hybridized carbons (Fsp3) is 0.417. The van der Waals surface area contributed by atoms with Crippen molar-refractivity contribution in [2.75, 3.05) is 26.3 Å². The normalized spacial score (nSPS) is 16.1. The van der Waals surface area contributed by atoms with Gasteiger partial charge in [0.05, 0.1) is 19.8 Å². The molecule has 0 saturated carbocycles. The number of morpholine rings is 1. The van der Waals surface area contributed by atoms with Crippen LogP contribution in [0.25, 0.3) is 0 Å². The molecule has 1 heterocycles. The highest BCUT2D eigenvalue weighted by atomic mass is 127. The Balaban J connectivity index is 0.00000180. The molecule has 1 aliphatic heterocycles. The summed E-state index contributed by atoms with van der Waals surface area (Å²) in [6, 6.07) is 4.71. The van der Waals surface area contributed by atoms with Crippen LogP contribution in [-0.4, -0.2) is 37.2 Å². The summed E-state index contributed by atoms with van der Waals surface area (Å²) in [7, 11) is 0. The lowest BCUT2D eigenvalue weighted by Crippen LogP contribution is -2.44. The molecule has 1 aromatic carbocycles. The minimum Gasteiger partial charge on any atom is -0.378 e. The quantitative estimate of drug-likeness (QED) is 0.433. The van der Waals surface area contributed by atoms with Crippen LogP contribution >= 0.6 is 39.9 Å². The van der Waals surface area contributed by atoms with E-state index in [1.54, 1.807) is 0 Å². The van der Waals surface area contributed by atoms with E-state index in [-0.39, 0.29) is 29.8 Å². The number of rotatable bonds is 2. The van der Waals surface area contributed by atoms with E-state index in [0.29, 0.717) is 30.2 Å². The van der Waals surface area contributed by atoms with Crippen molar-refractivity contribution in [2.24, 2.45) is 10.7 Å². The van der Waals surface area contributed by atoms with Gasteiger partial charge in [-0.3, -0.25) is 0 Å². The SMILES string of the molecule is I.NC(=NCc1cc(F)cc(Br)c1)N1CCOCC1. The molecule has 0 unspecified atom stereocenters. The zero-order valence-electron chi connectivity index (χ0n) is 10.3. The van der Waals surface area contributed by atoms with Crippen LogP contribution in [0.2, 0.25) is 0 Å². The van der Waals surface area contributed by atoms with Gasteiger partial charge in [-0.05, 0) is 23.8 Å². The van der Waals surface area contributed by atoms with E-state index in [0.717, 1.165) is 18.7 Å². The molecule has 1 aliphatic rings. The van der Waals surface area contributed by atoms with Gasteiger partial charge in [0.25, 0.3) is 0 Å². The Labute approximate surface area is 137 Å². The van der Waals surface area contributed by atoms with Gasteiger partial charge in [0.2, 0.25) is 0 Å². The Morgan fingerprint density at radius 2 is 2.05 bits per heavy atom. The van der Waals surface area contributed by atoms with Crippen molar-refractivity contribution < 1.29 is 9.13 Å². The van der Waals surface area contributed by atoms with Gasteiger partial charge in [-0.25, -0.2) is 9.38 Å². The number of hydrogen-bond donors (Lipinski definition) is 1. The maximum Gasteiger partial charge on any atom is 0.191 e. The average Bonchev–Trinajstić information content (AvgIpc) is 2.36. The lowest BCUT2D eigenvalue weighted by atomic mass is 10.2. The highest BCUT2D eigenvalue weighted by molar-refractivity contribution is 14.0. The average molecular weight is 444 g/mol. The number of aliphatic imine (C=N–C) groups is 1. The number of nitrogens with zero attached hydrogens (tertiary/aromatic N) is 2. The molecule has 1 saturated heterocycles. The molecule has 7 heteroatoms. The second kappa shape index (κ2) is 8.01. The molecule has 1 fully saturated rings. The highest BCUT2D eigenvalue weighted by Crippen LogP contribution is 2.15. The highest BCUT2D eigenvalue weighted by Gasteiger charge is 2.11. The number of halogens is 3. The van der Waals surface area contributed by atoms with Crippen molar-refractivity contribution in [1.82, 2.24) is 4.90 Å². The summed E-state index contributed by atoms with van der Waals surface area (Å²) in [5.74, 6) is 0.207. The summed E-state index contributed by atoms with van der Waals surface area (Å²) in [5, 5.41) is 0. The fourth-order valence-corrected chi connectivity index (χ4v) is 2.28. The molecule has 0 aliphatic carbocycles. The summed E-state index contributed by atoms with van der Waals surface area (Å²) in [4.78, 5) is 6.25. The Kier molecular flexibility index (Phi) is 7.01. The maximum absolute atomic E-state index is 13.2. The van der Waals surface area contributed by atoms with Gasteiger partial charge in [0.1, 0.15) is 5.82 Å². The van der Waals surface area contributed by atoms with Crippen LogP contribution in [0.15, 0.2) is 27.7 Å². The molecule has 2 N–H and O–H groups in total. The third-order valence-electron chi connectivity index (χ3n) is 2.68. The summed E-state index contributed by atoms with van der Waals surface area (Å²) in [5.41, 5.74) is 6.68. The monoisotopic (exact) mass is 443 g/mol. The molecule has 4 nitrogen and oxygen atoms in total. The molecular formula is C12H16BrFIN3O. The summed E-state index contributed by atoms with van der Waals surface area (Å²) in [6.07, 6.45) is 0. The molecule has 1 aromatic rings. The largest absolute Gasteiger partial charge is 0.378 e. The zero-order chi connectivity index (χ0) is 13.0. The van der Waals surface area contributed by atoms with Crippen molar-refractivity contribution in [3.8, 4) is 0 Å². The van der Waals surface area contributed by atoms with Crippen LogP contribution in [0.5, 0.6) is 0 Å². The van der Waals surface area contributed by atoms with Gasteiger partial charge in [0, 0.05) is 17.6 Å². The van der Waals surface area contributed by atoms with Crippen molar-refractivity contribution in [3.63, 3.8) is 0 Å². The number of guanidine groups is 1. The van der Waals surface area contributed by atoms with E-state index in [1.165, 1.54) is 12.1 Å². The Morgan fingerprint density at radius 3 is 2.68 bits per heavy atom. The van der Waals surface area contributed by atoms with Gasteiger partial charge in [-0.1, -0.05) is 15.9 Å². The van der Waals surface area contributed by atoms with Crippen LogP contribution in [0.3, 0.4) is 0 Å². The first-order valence-corrected chi connectivity index (χ1v) is 6.52. The molecule has 106 valence electrons. The number of benzene rings is 1. The molecule has 0 amide bonds. The first kappa shape index (κ1) is 16.6. The van der Waals surface area contributed by atoms with E-state index >= 15 is 0 Å². The third-order valence-corrected chi connectivity index (χ3v) is 3.14. The molecular weight excluding hydrogens is 428 g/mol. The van der Waals surface area contributed by atoms with Crippen LogP contribution in [0.4, 0.5) is 4.39 Å². The van der Waals surface area contributed by atoms with Crippen LogP contribution in [0, 0.1) is 5.82 Å². The second-order valence-corrected chi connectivity index (χ2v) is 4.97. The zero-order valence-corrected chi connectivity index (χ0v) is 14.2. The van der Waals surface area contributed by atoms with Gasteiger partial charge in [-0.15, -0.1) is 24.0 Å². The standard InChI is InChI=1S/C12H15BrFN3O.HI/c13-10-5-9(6-11(14)7-10)8-16-12(15)17-1-3-18-4-2-17;/h5-7H,1-4,8H2,(H2,15,16);1H.